The molecule has 0 aliphatic carbocycles. The van der Waals surface area contributed by atoms with E-state index in [1.807, 2.05) is 0 Å². The van der Waals surface area contributed by atoms with Gasteiger partial charge in [-0.1, -0.05) is 0 Å². The van der Waals surface area contributed by atoms with Crippen molar-refractivity contribution in [2.24, 2.45) is 0 Å². The highest BCUT2D eigenvalue weighted by Crippen LogP contribution is 2.19. The average Bonchev–Trinajstić information content (AvgIpc) is 2.59. The zero-order valence-corrected chi connectivity index (χ0v) is 15.2. The second kappa shape index (κ2) is 7.92. The van der Waals surface area contributed by atoms with E-state index in [0.29, 0.717) is 43.1 Å². The van der Waals surface area contributed by atoms with Crippen LogP contribution in [-0.2, 0) is 14.4 Å². The van der Waals surface area contributed by atoms with E-state index in [2.05, 4.69) is 34.4 Å². The van der Waals surface area contributed by atoms with E-state index in [-0.39, 0.29) is 24.0 Å². The molecule has 2 atom stereocenters. The molecule has 8 nitrogen and oxygen atoms in total. The van der Waals surface area contributed by atoms with Crippen LogP contribution >= 0.6 is 0 Å². The Bertz CT molecular complexity index is 681. The van der Waals surface area contributed by atoms with E-state index in [4.69, 9.17) is 0 Å². The van der Waals surface area contributed by atoms with Gasteiger partial charge < -0.3 is 10.6 Å². The molecule has 2 aliphatic rings. The average molecular weight is 359 g/mol. The molecule has 0 aromatic carbocycles. The summed E-state index contributed by atoms with van der Waals surface area (Å²) in [5.41, 5.74) is 0.592. The van der Waals surface area contributed by atoms with Crippen LogP contribution in [0.1, 0.15) is 26.7 Å². The second-order valence-corrected chi connectivity index (χ2v) is 6.99. The topological polar surface area (TPSA) is 94.6 Å². The molecule has 3 rings (SSSR count). The molecule has 2 fully saturated rings. The van der Waals surface area contributed by atoms with Crippen molar-refractivity contribution in [3.8, 4) is 0 Å². The number of hydrogen-bond acceptors (Lipinski definition) is 6. The minimum absolute atomic E-state index is 0.0356. The summed E-state index contributed by atoms with van der Waals surface area (Å²) >= 11 is 0. The fourth-order valence-corrected chi connectivity index (χ4v) is 3.42. The molecular weight excluding hydrogens is 334 g/mol. The van der Waals surface area contributed by atoms with Crippen molar-refractivity contribution in [1.29, 1.82) is 0 Å². The van der Waals surface area contributed by atoms with E-state index < -0.39 is 0 Å². The lowest BCUT2D eigenvalue weighted by atomic mass is 10.1. The Morgan fingerprint density at radius 2 is 2.00 bits per heavy atom. The number of carbonyl (C=O) groups excluding carboxylic acids is 3. The summed E-state index contributed by atoms with van der Waals surface area (Å²) in [6, 6.07) is 4.03. The smallest absolute Gasteiger partial charge is 0.238 e. The van der Waals surface area contributed by atoms with E-state index in [9.17, 15) is 14.4 Å². The largest absolute Gasteiger partial charge is 0.324 e. The first kappa shape index (κ1) is 18.5. The lowest BCUT2D eigenvalue weighted by Gasteiger charge is -2.38. The molecule has 1 aromatic heterocycles. The number of ketones is 1. The first-order chi connectivity index (χ1) is 12.4. The van der Waals surface area contributed by atoms with Gasteiger partial charge in [0, 0.05) is 38.1 Å². The minimum Gasteiger partial charge on any atom is -0.324 e. The van der Waals surface area contributed by atoms with Crippen molar-refractivity contribution < 1.29 is 14.4 Å². The standard InChI is InChI=1S/C18H25N5O3/c1-12-8-19-9-13(2)23(12)11-17(25)21-14-3-4-16(20-10-14)22-6-5-15(24)7-18(22)26/h3-4,10,12-13,19H,5-9,11H2,1-2H3,(H,21,25)/t12-,13+. The highest BCUT2D eigenvalue weighted by molar-refractivity contribution is 6.08. The van der Waals surface area contributed by atoms with Gasteiger partial charge in [-0.2, -0.15) is 0 Å². The quantitative estimate of drug-likeness (QED) is 0.756. The number of Topliss-reactive ketones (excluding diaryl/α,β-unsaturated/α-hetero) is 1. The van der Waals surface area contributed by atoms with Crippen LogP contribution < -0.4 is 15.5 Å². The Hall–Kier alpha value is -2.32. The molecule has 1 aromatic rings. The van der Waals surface area contributed by atoms with Gasteiger partial charge in [-0.05, 0) is 26.0 Å². The zero-order chi connectivity index (χ0) is 18.7. The molecule has 2 amide bonds. The van der Waals surface area contributed by atoms with Gasteiger partial charge >= 0.3 is 0 Å². The van der Waals surface area contributed by atoms with Crippen molar-refractivity contribution in [2.45, 2.75) is 38.8 Å². The molecule has 3 heterocycles. The first-order valence-corrected chi connectivity index (χ1v) is 8.98. The summed E-state index contributed by atoms with van der Waals surface area (Å²) in [6.07, 6.45) is 1.83. The molecular formula is C18H25N5O3. The number of aromatic nitrogens is 1. The molecule has 2 saturated heterocycles. The number of hydrogen-bond donors (Lipinski definition) is 2. The molecule has 8 heteroatoms. The number of nitrogens with one attached hydrogen (secondary N) is 2. The third kappa shape index (κ3) is 4.25. The molecule has 0 spiro atoms. The molecule has 26 heavy (non-hydrogen) atoms. The SMILES string of the molecule is C[C@@H]1CNC[C@H](C)N1CC(=O)Nc1ccc(N2CCC(=O)CC2=O)nc1. The van der Waals surface area contributed by atoms with Crippen LogP contribution in [0.15, 0.2) is 18.3 Å². The van der Waals surface area contributed by atoms with Crippen LogP contribution in [0.25, 0.3) is 0 Å². The number of anilines is 2. The molecule has 0 bridgehead atoms. The number of amides is 2. The Balaban J connectivity index is 1.58. The maximum Gasteiger partial charge on any atom is 0.238 e. The monoisotopic (exact) mass is 359 g/mol. The summed E-state index contributed by atoms with van der Waals surface area (Å²) < 4.78 is 0. The van der Waals surface area contributed by atoms with Gasteiger partial charge in [0.1, 0.15) is 11.6 Å². The van der Waals surface area contributed by atoms with Crippen LogP contribution in [0.4, 0.5) is 11.5 Å². The van der Waals surface area contributed by atoms with Gasteiger partial charge in [-0.25, -0.2) is 4.98 Å². The van der Waals surface area contributed by atoms with Gasteiger partial charge in [0.25, 0.3) is 0 Å². The van der Waals surface area contributed by atoms with Crippen molar-refractivity contribution in [2.75, 3.05) is 36.4 Å². The maximum absolute atomic E-state index is 12.3. The number of carbonyl (C=O) groups is 3. The van der Waals surface area contributed by atoms with Crippen molar-refractivity contribution >= 4 is 29.1 Å². The van der Waals surface area contributed by atoms with E-state index >= 15 is 0 Å². The first-order valence-electron chi connectivity index (χ1n) is 8.98. The van der Waals surface area contributed by atoms with Crippen LogP contribution in [0.5, 0.6) is 0 Å². The van der Waals surface area contributed by atoms with Gasteiger partial charge in [0.15, 0.2) is 0 Å². The van der Waals surface area contributed by atoms with Crippen molar-refractivity contribution in [3.63, 3.8) is 0 Å². The van der Waals surface area contributed by atoms with Crippen molar-refractivity contribution in [1.82, 2.24) is 15.2 Å². The minimum atomic E-state index is -0.229. The molecule has 2 aliphatic heterocycles. The van der Waals surface area contributed by atoms with Crippen LogP contribution in [0.2, 0.25) is 0 Å². The third-order valence-electron chi connectivity index (χ3n) is 4.91. The number of rotatable bonds is 4. The van der Waals surface area contributed by atoms with E-state index in [1.165, 1.54) is 4.90 Å². The molecule has 140 valence electrons. The fraction of sp³-hybridized carbons (Fsp3) is 0.556. The predicted molar refractivity (Wildman–Crippen MR) is 98.0 cm³/mol. The Kier molecular flexibility index (Phi) is 5.63. The zero-order valence-electron chi connectivity index (χ0n) is 15.2. The Morgan fingerprint density at radius 3 is 2.62 bits per heavy atom. The van der Waals surface area contributed by atoms with Crippen LogP contribution in [0.3, 0.4) is 0 Å². The summed E-state index contributed by atoms with van der Waals surface area (Å²) in [7, 11) is 0. The second-order valence-electron chi connectivity index (χ2n) is 6.99. The summed E-state index contributed by atoms with van der Waals surface area (Å²) in [5.74, 6) is 0.156. The fourth-order valence-electron chi connectivity index (χ4n) is 3.42. The molecule has 0 radical (unpaired) electrons. The van der Waals surface area contributed by atoms with E-state index in [0.717, 1.165) is 13.1 Å². The molecule has 0 unspecified atom stereocenters. The predicted octanol–water partition coefficient (Wildman–Crippen LogP) is 0.398. The highest BCUT2D eigenvalue weighted by Gasteiger charge is 2.27. The molecule has 0 saturated carbocycles. The van der Waals surface area contributed by atoms with Gasteiger partial charge in [0.05, 0.1) is 24.8 Å². The Labute approximate surface area is 152 Å². The number of piperazine rings is 1. The molecule has 2 N–H and O–H groups in total. The van der Waals surface area contributed by atoms with E-state index in [1.54, 1.807) is 18.3 Å². The number of nitrogens with zero attached hydrogens (tertiary/aromatic N) is 3. The lowest BCUT2D eigenvalue weighted by molar-refractivity contribution is -0.128. The summed E-state index contributed by atoms with van der Waals surface area (Å²) in [5, 5.41) is 6.20. The summed E-state index contributed by atoms with van der Waals surface area (Å²) in [4.78, 5) is 43.5. The Morgan fingerprint density at radius 1 is 1.27 bits per heavy atom. The normalized spacial score (nSPS) is 24.6. The highest BCUT2D eigenvalue weighted by atomic mass is 16.2. The van der Waals surface area contributed by atoms with Crippen LogP contribution in [-0.4, -0.2) is 65.7 Å². The lowest BCUT2D eigenvalue weighted by Crippen LogP contribution is -2.56. The van der Waals surface area contributed by atoms with Crippen LogP contribution in [0, 0.1) is 0 Å². The van der Waals surface area contributed by atoms with Gasteiger partial charge in [-0.15, -0.1) is 0 Å². The number of piperidine rings is 1. The van der Waals surface area contributed by atoms with Gasteiger partial charge in [0.2, 0.25) is 11.8 Å². The van der Waals surface area contributed by atoms with Gasteiger partial charge in [-0.3, -0.25) is 24.2 Å². The maximum atomic E-state index is 12.3. The number of pyridine rings is 1. The van der Waals surface area contributed by atoms with Crippen molar-refractivity contribution in [3.05, 3.63) is 18.3 Å². The third-order valence-corrected chi connectivity index (χ3v) is 4.91. The summed E-state index contributed by atoms with van der Waals surface area (Å²) in [6.45, 7) is 6.65.